The molecule has 0 amide bonds. The van der Waals surface area contributed by atoms with Gasteiger partial charge in [0.2, 0.25) is 0 Å². The van der Waals surface area contributed by atoms with Crippen LogP contribution < -0.4 is 5.32 Å². The molecule has 0 heterocycles. The van der Waals surface area contributed by atoms with E-state index < -0.39 is 0 Å². The molecule has 17 heavy (non-hydrogen) atoms. The summed E-state index contributed by atoms with van der Waals surface area (Å²) < 4.78 is 1.27. The Bertz CT molecular complexity index is 355. The summed E-state index contributed by atoms with van der Waals surface area (Å²) in [5.41, 5.74) is 1.30. The number of benzene rings is 1. The Morgan fingerprint density at radius 2 is 2.12 bits per heavy atom. The number of nitrogens with one attached hydrogen (secondary N) is 1. The zero-order valence-electron chi connectivity index (χ0n) is 10.6. The third kappa shape index (κ3) is 6.04. The van der Waals surface area contributed by atoms with Crippen molar-refractivity contribution in [1.29, 1.82) is 0 Å². The van der Waals surface area contributed by atoms with Crippen molar-refractivity contribution < 1.29 is 0 Å². The predicted octanol–water partition coefficient (Wildman–Crippen LogP) is 3.37. The molecule has 0 aliphatic heterocycles. The topological polar surface area (TPSA) is 15.3 Å². The molecule has 0 saturated carbocycles. The van der Waals surface area contributed by atoms with E-state index in [0.717, 1.165) is 24.7 Å². The lowest BCUT2D eigenvalue weighted by molar-refractivity contribution is 0.319. The van der Waals surface area contributed by atoms with E-state index in [0.29, 0.717) is 6.04 Å². The third-order valence-corrected chi connectivity index (χ3v) is 3.78. The Kier molecular flexibility index (Phi) is 6.77. The minimum absolute atomic E-state index is 0.551. The number of hydrogen-bond donors (Lipinski definition) is 1. The van der Waals surface area contributed by atoms with Crippen LogP contribution in [0.3, 0.4) is 0 Å². The standard InChI is InChI=1S/C13H20ClIN2/c1-10(2)16-6-7-17(3)9-11-8-12(14)4-5-13(11)15/h4-5,8,10,16H,6-7,9H2,1-3H3. The van der Waals surface area contributed by atoms with Gasteiger partial charge in [-0.2, -0.15) is 0 Å². The van der Waals surface area contributed by atoms with E-state index in [-0.39, 0.29) is 0 Å². The van der Waals surface area contributed by atoms with Gasteiger partial charge in [0.1, 0.15) is 0 Å². The smallest absolute Gasteiger partial charge is 0.0409 e. The van der Waals surface area contributed by atoms with Gasteiger partial charge in [-0.25, -0.2) is 0 Å². The summed E-state index contributed by atoms with van der Waals surface area (Å²) in [7, 11) is 2.14. The molecular formula is C13H20ClIN2. The second-order valence-corrected chi connectivity index (χ2v) is 6.18. The van der Waals surface area contributed by atoms with E-state index in [1.165, 1.54) is 9.13 Å². The summed E-state index contributed by atoms with van der Waals surface area (Å²) in [4.78, 5) is 2.31. The third-order valence-electron chi connectivity index (χ3n) is 2.49. The van der Waals surface area contributed by atoms with Gasteiger partial charge in [-0.3, -0.25) is 0 Å². The molecule has 1 aromatic rings. The Morgan fingerprint density at radius 3 is 2.76 bits per heavy atom. The molecule has 0 saturated heterocycles. The minimum atomic E-state index is 0.551. The Balaban J connectivity index is 2.44. The molecule has 0 fully saturated rings. The lowest BCUT2D eigenvalue weighted by Crippen LogP contribution is -2.32. The predicted molar refractivity (Wildman–Crippen MR) is 83.6 cm³/mol. The van der Waals surface area contributed by atoms with Gasteiger partial charge in [0.15, 0.2) is 0 Å². The van der Waals surface area contributed by atoms with E-state index in [1.807, 2.05) is 6.07 Å². The molecule has 2 nitrogen and oxygen atoms in total. The van der Waals surface area contributed by atoms with Gasteiger partial charge in [-0.1, -0.05) is 25.4 Å². The van der Waals surface area contributed by atoms with Crippen LogP contribution in [-0.4, -0.2) is 31.1 Å². The molecule has 96 valence electrons. The zero-order valence-corrected chi connectivity index (χ0v) is 13.5. The lowest BCUT2D eigenvalue weighted by Gasteiger charge is -2.19. The van der Waals surface area contributed by atoms with Crippen molar-refractivity contribution in [3.8, 4) is 0 Å². The normalized spacial score (nSPS) is 11.5. The molecule has 4 heteroatoms. The Labute approximate surface area is 123 Å². The fourth-order valence-electron chi connectivity index (χ4n) is 1.58. The monoisotopic (exact) mass is 366 g/mol. The van der Waals surface area contributed by atoms with Crippen LogP contribution in [0.2, 0.25) is 5.02 Å². The van der Waals surface area contributed by atoms with E-state index in [1.54, 1.807) is 0 Å². The van der Waals surface area contributed by atoms with Gasteiger partial charge in [0.05, 0.1) is 0 Å². The van der Waals surface area contributed by atoms with Gasteiger partial charge in [0.25, 0.3) is 0 Å². The highest BCUT2D eigenvalue weighted by atomic mass is 127. The van der Waals surface area contributed by atoms with Crippen LogP contribution in [0.1, 0.15) is 19.4 Å². The Morgan fingerprint density at radius 1 is 1.41 bits per heavy atom. The largest absolute Gasteiger partial charge is 0.313 e. The van der Waals surface area contributed by atoms with E-state index in [9.17, 15) is 0 Å². The van der Waals surface area contributed by atoms with Gasteiger partial charge in [0, 0.05) is 34.3 Å². The molecule has 1 aromatic carbocycles. The molecule has 0 bridgehead atoms. The van der Waals surface area contributed by atoms with Crippen molar-refractivity contribution in [2.24, 2.45) is 0 Å². The fourth-order valence-corrected chi connectivity index (χ4v) is 2.28. The molecule has 1 N–H and O–H groups in total. The zero-order chi connectivity index (χ0) is 12.8. The molecule has 0 radical (unpaired) electrons. The van der Waals surface area contributed by atoms with Crippen molar-refractivity contribution >= 4 is 34.2 Å². The van der Waals surface area contributed by atoms with Crippen LogP contribution in [0.15, 0.2) is 18.2 Å². The molecule has 0 aliphatic carbocycles. The summed E-state index contributed by atoms with van der Waals surface area (Å²) in [6, 6.07) is 6.61. The summed E-state index contributed by atoms with van der Waals surface area (Å²) in [6.07, 6.45) is 0. The van der Waals surface area contributed by atoms with Crippen LogP contribution in [0.25, 0.3) is 0 Å². The average Bonchev–Trinajstić information content (AvgIpc) is 2.23. The first kappa shape index (κ1) is 15.2. The maximum Gasteiger partial charge on any atom is 0.0409 e. The van der Waals surface area contributed by atoms with Gasteiger partial charge in [-0.05, 0) is 53.4 Å². The molecule has 1 rings (SSSR count). The number of halogens is 2. The summed E-state index contributed by atoms with van der Waals surface area (Å²) in [5, 5.41) is 4.23. The van der Waals surface area contributed by atoms with Crippen LogP contribution in [0.5, 0.6) is 0 Å². The minimum Gasteiger partial charge on any atom is -0.313 e. The average molecular weight is 367 g/mol. The number of rotatable bonds is 6. The van der Waals surface area contributed by atoms with Gasteiger partial charge < -0.3 is 10.2 Å². The van der Waals surface area contributed by atoms with Crippen molar-refractivity contribution in [2.45, 2.75) is 26.4 Å². The quantitative estimate of drug-likeness (QED) is 0.777. The van der Waals surface area contributed by atoms with Crippen molar-refractivity contribution in [2.75, 3.05) is 20.1 Å². The van der Waals surface area contributed by atoms with Crippen LogP contribution in [-0.2, 0) is 6.54 Å². The molecule has 0 spiro atoms. The van der Waals surface area contributed by atoms with Crippen molar-refractivity contribution in [1.82, 2.24) is 10.2 Å². The van der Waals surface area contributed by atoms with Crippen molar-refractivity contribution in [3.05, 3.63) is 32.4 Å². The van der Waals surface area contributed by atoms with Crippen LogP contribution >= 0.6 is 34.2 Å². The number of likely N-dealkylation sites (N-methyl/N-ethyl adjacent to an activating group) is 1. The van der Waals surface area contributed by atoms with Crippen molar-refractivity contribution in [3.63, 3.8) is 0 Å². The summed E-state index contributed by atoms with van der Waals surface area (Å²) in [6.45, 7) is 7.34. The summed E-state index contributed by atoms with van der Waals surface area (Å²) in [5.74, 6) is 0. The molecule has 0 unspecified atom stereocenters. The lowest BCUT2D eigenvalue weighted by atomic mass is 10.2. The molecule has 0 aliphatic rings. The van der Waals surface area contributed by atoms with Crippen LogP contribution in [0, 0.1) is 3.57 Å². The van der Waals surface area contributed by atoms with Gasteiger partial charge in [-0.15, -0.1) is 0 Å². The first-order valence-electron chi connectivity index (χ1n) is 5.85. The first-order valence-corrected chi connectivity index (χ1v) is 7.30. The maximum atomic E-state index is 6.01. The SMILES string of the molecule is CC(C)NCCN(C)Cc1cc(Cl)ccc1I. The fraction of sp³-hybridized carbons (Fsp3) is 0.538. The molecular weight excluding hydrogens is 347 g/mol. The van der Waals surface area contributed by atoms with E-state index in [4.69, 9.17) is 11.6 Å². The molecule has 0 atom stereocenters. The second kappa shape index (κ2) is 7.56. The maximum absolute atomic E-state index is 6.01. The Hall–Kier alpha value is 0.160. The first-order chi connectivity index (χ1) is 7.99. The van der Waals surface area contributed by atoms with E-state index >= 15 is 0 Å². The van der Waals surface area contributed by atoms with Crippen LogP contribution in [0.4, 0.5) is 0 Å². The highest BCUT2D eigenvalue weighted by Gasteiger charge is 2.05. The highest BCUT2D eigenvalue weighted by Crippen LogP contribution is 2.18. The summed E-state index contributed by atoms with van der Waals surface area (Å²) >= 11 is 8.37. The molecule has 0 aromatic heterocycles. The number of hydrogen-bond acceptors (Lipinski definition) is 2. The highest BCUT2D eigenvalue weighted by molar-refractivity contribution is 14.1. The van der Waals surface area contributed by atoms with E-state index in [2.05, 4.69) is 65.8 Å². The second-order valence-electron chi connectivity index (χ2n) is 4.58. The van der Waals surface area contributed by atoms with Gasteiger partial charge >= 0.3 is 0 Å². The number of nitrogens with zero attached hydrogens (tertiary/aromatic N) is 1.